The first-order chi connectivity index (χ1) is 15.2. The van der Waals surface area contributed by atoms with Gasteiger partial charge in [-0.1, -0.05) is 6.07 Å². The molecule has 32 heavy (non-hydrogen) atoms. The second-order valence-corrected chi connectivity index (χ2v) is 8.44. The van der Waals surface area contributed by atoms with E-state index in [1.54, 1.807) is 26.8 Å². The van der Waals surface area contributed by atoms with Gasteiger partial charge in [-0.05, 0) is 44.5 Å². The number of nitrogens with zero attached hydrogens (tertiary/aromatic N) is 2. The quantitative estimate of drug-likeness (QED) is 0.401. The Hall–Kier alpha value is -3.24. The van der Waals surface area contributed by atoms with Crippen LogP contribution in [0, 0.1) is 11.2 Å². The summed E-state index contributed by atoms with van der Waals surface area (Å²) in [5.41, 5.74) is 7.96. The summed E-state index contributed by atoms with van der Waals surface area (Å²) in [6.07, 6.45) is 0.123. The zero-order valence-corrected chi connectivity index (χ0v) is 18.5. The van der Waals surface area contributed by atoms with Crippen molar-refractivity contribution >= 4 is 24.0 Å². The molecule has 2 aromatic rings. The highest BCUT2D eigenvalue weighted by molar-refractivity contribution is 6.05. The smallest absolute Gasteiger partial charge is 0.412 e. The summed E-state index contributed by atoms with van der Waals surface area (Å²) in [7, 11) is 0. The fraction of sp³-hybridized carbons (Fsp3) is 0.409. The first kappa shape index (κ1) is 23.4. The van der Waals surface area contributed by atoms with Crippen molar-refractivity contribution in [3.8, 4) is 11.1 Å². The molecule has 9 nitrogen and oxygen atoms in total. The van der Waals surface area contributed by atoms with E-state index in [1.165, 1.54) is 12.1 Å². The molecule has 0 radical (unpaired) electrons. The Bertz CT molecular complexity index is 1010. The molecular formula is C22H29FN6O3. The number of H-pyrrole nitrogens is 1. The number of aromatic nitrogens is 1. The van der Waals surface area contributed by atoms with Crippen molar-refractivity contribution in [3.05, 3.63) is 41.5 Å². The van der Waals surface area contributed by atoms with Crippen LogP contribution in [0.15, 0.2) is 29.3 Å². The number of nitrogens with two attached hydrogens (primary N) is 1. The third-order valence-corrected chi connectivity index (χ3v) is 4.75. The number of aromatic amines is 1. The molecule has 10 heteroatoms. The van der Waals surface area contributed by atoms with Crippen LogP contribution in [-0.4, -0.2) is 60.1 Å². The largest absolute Gasteiger partial charge is 0.444 e. The van der Waals surface area contributed by atoms with Gasteiger partial charge < -0.3 is 20.2 Å². The number of ether oxygens (including phenoxy) is 2. The molecule has 1 fully saturated rings. The number of carbonyl (C=O) groups is 1. The van der Waals surface area contributed by atoms with E-state index in [9.17, 15) is 9.18 Å². The van der Waals surface area contributed by atoms with Crippen molar-refractivity contribution in [3.63, 3.8) is 0 Å². The van der Waals surface area contributed by atoms with Crippen LogP contribution in [0.2, 0.25) is 0 Å². The molecule has 0 bridgehead atoms. The van der Waals surface area contributed by atoms with Crippen molar-refractivity contribution < 1.29 is 18.7 Å². The van der Waals surface area contributed by atoms with Gasteiger partial charge in [0.15, 0.2) is 0 Å². The van der Waals surface area contributed by atoms with Crippen molar-refractivity contribution in [2.75, 3.05) is 31.6 Å². The molecule has 0 spiro atoms. The Balaban J connectivity index is 1.88. The van der Waals surface area contributed by atoms with E-state index in [4.69, 9.17) is 20.6 Å². The van der Waals surface area contributed by atoms with E-state index in [-0.39, 0.29) is 11.5 Å². The lowest BCUT2D eigenvalue weighted by atomic mass is 10.0. The van der Waals surface area contributed by atoms with Crippen LogP contribution in [-0.2, 0) is 16.0 Å². The minimum Gasteiger partial charge on any atom is -0.444 e. The standard InChI is InChI=1S/C22H29FN6O3/c1-22(2,3)32-21(30)28-18-5-4-14(10-17(18)23)16-11-15(12-29-6-8-31-9-7-29)27-19(16)20(25)26-13-24/h4-5,10-11,13,27H,6-9,12H2,1-3H3,(H,28,30)(H3,24,25,26). The molecule has 5 N–H and O–H groups in total. The van der Waals surface area contributed by atoms with Crippen LogP contribution in [0.4, 0.5) is 14.9 Å². The molecule has 2 heterocycles. The maximum absolute atomic E-state index is 14.8. The number of anilines is 1. The lowest BCUT2D eigenvalue weighted by molar-refractivity contribution is 0.0337. The number of nitrogens with one attached hydrogen (secondary N) is 3. The number of hydrogen-bond donors (Lipinski definition) is 4. The van der Waals surface area contributed by atoms with E-state index in [1.807, 2.05) is 6.07 Å². The summed E-state index contributed by atoms with van der Waals surface area (Å²) in [6, 6.07) is 6.36. The summed E-state index contributed by atoms with van der Waals surface area (Å²) in [4.78, 5) is 21.3. The van der Waals surface area contributed by atoms with Crippen LogP contribution in [0.1, 0.15) is 32.2 Å². The van der Waals surface area contributed by atoms with Gasteiger partial charge in [0.1, 0.15) is 23.6 Å². The summed E-state index contributed by atoms with van der Waals surface area (Å²) < 4.78 is 25.4. The predicted molar refractivity (Wildman–Crippen MR) is 122 cm³/mol. The number of amidine groups is 1. The van der Waals surface area contributed by atoms with Gasteiger partial charge in [-0.15, -0.1) is 0 Å². The van der Waals surface area contributed by atoms with Gasteiger partial charge in [-0.25, -0.2) is 14.2 Å². The van der Waals surface area contributed by atoms with Gasteiger partial charge in [0.2, 0.25) is 0 Å². The maximum Gasteiger partial charge on any atom is 0.412 e. The highest BCUT2D eigenvalue weighted by Crippen LogP contribution is 2.29. The minimum absolute atomic E-state index is 0.00903. The Morgan fingerprint density at radius 1 is 1.38 bits per heavy atom. The van der Waals surface area contributed by atoms with Crippen molar-refractivity contribution in [1.82, 2.24) is 9.88 Å². The fourth-order valence-corrected chi connectivity index (χ4v) is 3.36. The predicted octanol–water partition coefficient (Wildman–Crippen LogP) is 3.31. The van der Waals surface area contributed by atoms with Gasteiger partial charge in [0.05, 0.1) is 24.6 Å². The Morgan fingerprint density at radius 3 is 2.72 bits per heavy atom. The second kappa shape index (κ2) is 9.92. The van der Waals surface area contributed by atoms with Crippen LogP contribution in [0.5, 0.6) is 0 Å². The topological polar surface area (TPSA) is 129 Å². The first-order valence-corrected chi connectivity index (χ1v) is 10.3. The second-order valence-electron chi connectivity index (χ2n) is 8.44. The lowest BCUT2D eigenvalue weighted by Gasteiger charge is -2.25. The van der Waals surface area contributed by atoms with Crippen LogP contribution in [0.3, 0.4) is 0 Å². The highest BCUT2D eigenvalue weighted by Gasteiger charge is 2.20. The third kappa shape index (κ3) is 6.14. The van der Waals surface area contributed by atoms with E-state index in [0.717, 1.165) is 25.1 Å². The number of amides is 1. The molecule has 1 aliphatic heterocycles. The summed E-state index contributed by atoms with van der Waals surface area (Å²) >= 11 is 0. The number of aliphatic imine (C=N–C) groups is 1. The molecule has 3 rings (SSSR count). The van der Waals surface area contributed by atoms with Gasteiger partial charge >= 0.3 is 6.09 Å². The van der Waals surface area contributed by atoms with E-state index >= 15 is 0 Å². The number of halogens is 1. The first-order valence-electron chi connectivity index (χ1n) is 10.3. The van der Waals surface area contributed by atoms with Gasteiger partial charge in [-0.3, -0.25) is 15.6 Å². The molecule has 1 aromatic carbocycles. The Kier molecular flexibility index (Phi) is 7.26. The normalized spacial score (nSPS) is 15.4. The monoisotopic (exact) mass is 444 g/mol. The van der Waals surface area contributed by atoms with Crippen LogP contribution < -0.4 is 11.1 Å². The van der Waals surface area contributed by atoms with E-state index < -0.39 is 17.5 Å². The minimum atomic E-state index is -0.735. The SMILES string of the molecule is CC(C)(C)OC(=O)Nc1ccc(-c2cc(CN3CCOCC3)[nH]c2/C(N)=N\C=N)cc1F. The molecule has 0 saturated carbocycles. The summed E-state index contributed by atoms with van der Waals surface area (Å²) in [5.74, 6) is -0.489. The number of benzene rings is 1. The van der Waals surface area contributed by atoms with Crippen LogP contribution in [0.25, 0.3) is 11.1 Å². The highest BCUT2D eigenvalue weighted by atomic mass is 19.1. The van der Waals surface area contributed by atoms with Crippen molar-refractivity contribution in [2.24, 2.45) is 10.7 Å². The molecule has 1 aliphatic rings. The number of rotatable bonds is 6. The molecule has 0 atom stereocenters. The molecule has 1 aromatic heterocycles. The fourth-order valence-electron chi connectivity index (χ4n) is 3.36. The zero-order chi connectivity index (χ0) is 23.3. The average Bonchev–Trinajstić information content (AvgIpc) is 3.13. The number of hydrogen-bond acceptors (Lipinski definition) is 5. The zero-order valence-electron chi connectivity index (χ0n) is 18.5. The molecule has 172 valence electrons. The molecule has 0 unspecified atom stereocenters. The van der Waals surface area contributed by atoms with Gasteiger partial charge in [0, 0.05) is 30.9 Å². The molecule has 1 amide bonds. The van der Waals surface area contributed by atoms with E-state index in [0.29, 0.717) is 36.6 Å². The van der Waals surface area contributed by atoms with Crippen LogP contribution >= 0.6 is 0 Å². The number of morpholine rings is 1. The van der Waals surface area contributed by atoms with Crippen molar-refractivity contribution in [2.45, 2.75) is 32.9 Å². The molecule has 1 saturated heterocycles. The Labute approximate surface area is 186 Å². The summed E-state index contributed by atoms with van der Waals surface area (Å²) in [6.45, 7) is 8.82. The molecular weight excluding hydrogens is 415 g/mol. The average molecular weight is 445 g/mol. The van der Waals surface area contributed by atoms with Gasteiger partial charge in [-0.2, -0.15) is 0 Å². The molecule has 0 aliphatic carbocycles. The lowest BCUT2D eigenvalue weighted by Crippen LogP contribution is -2.35. The Morgan fingerprint density at radius 2 is 2.09 bits per heavy atom. The van der Waals surface area contributed by atoms with E-state index in [2.05, 4.69) is 20.2 Å². The third-order valence-electron chi connectivity index (χ3n) is 4.75. The van der Waals surface area contributed by atoms with Crippen molar-refractivity contribution in [1.29, 1.82) is 5.41 Å². The maximum atomic E-state index is 14.8. The number of carbonyl (C=O) groups excluding carboxylic acids is 1. The summed E-state index contributed by atoms with van der Waals surface area (Å²) in [5, 5.41) is 9.64. The van der Waals surface area contributed by atoms with Gasteiger partial charge in [0.25, 0.3) is 0 Å².